The van der Waals surface area contributed by atoms with Crippen LogP contribution in [0.15, 0.2) is 23.1 Å². The first kappa shape index (κ1) is 18.2. The molecule has 8 nitrogen and oxygen atoms in total. The van der Waals surface area contributed by atoms with Crippen molar-refractivity contribution < 1.29 is 27.9 Å². The van der Waals surface area contributed by atoms with Gasteiger partial charge in [-0.3, -0.25) is 9.59 Å². The van der Waals surface area contributed by atoms with E-state index in [1.807, 2.05) is 0 Å². The number of carboxylic acid groups (broad SMARTS) is 1. The van der Waals surface area contributed by atoms with Crippen LogP contribution >= 0.6 is 0 Å². The highest BCUT2D eigenvalue weighted by Gasteiger charge is 2.31. The molecule has 0 radical (unpaired) electrons. The number of sulfonamides is 1. The number of nitrogens with one attached hydrogen (secondary N) is 2. The van der Waals surface area contributed by atoms with Crippen molar-refractivity contribution in [2.45, 2.75) is 44.2 Å². The van der Waals surface area contributed by atoms with Crippen LogP contribution in [0.4, 0.5) is 5.69 Å². The number of carboxylic acids is 1. The maximum Gasteiger partial charge on any atom is 0.322 e. The SMILES string of the molecule is CCC(C)C(NS(=O)(=O)c1ccc2c(c1)NC(=O)C(C)O2)C(=O)O. The molecule has 0 aromatic heterocycles. The van der Waals surface area contributed by atoms with E-state index in [2.05, 4.69) is 10.0 Å². The predicted molar refractivity (Wildman–Crippen MR) is 86.4 cm³/mol. The van der Waals surface area contributed by atoms with Gasteiger partial charge >= 0.3 is 5.97 Å². The minimum atomic E-state index is -4.06. The summed E-state index contributed by atoms with van der Waals surface area (Å²) in [6.45, 7) is 5.01. The second-order valence-corrected chi connectivity index (χ2v) is 7.44. The number of carbonyl (C=O) groups is 2. The summed E-state index contributed by atoms with van der Waals surface area (Å²) in [5.74, 6) is -1.64. The molecular formula is C15H20N2O6S. The lowest BCUT2D eigenvalue weighted by atomic mass is 10.0. The lowest BCUT2D eigenvalue weighted by Gasteiger charge is -2.24. The van der Waals surface area contributed by atoms with Crippen LogP contribution in [0.25, 0.3) is 0 Å². The number of anilines is 1. The summed E-state index contributed by atoms with van der Waals surface area (Å²) in [6, 6.07) is 2.75. The van der Waals surface area contributed by atoms with E-state index >= 15 is 0 Å². The zero-order chi connectivity index (χ0) is 18.1. The summed E-state index contributed by atoms with van der Waals surface area (Å²) < 4.78 is 32.5. The minimum absolute atomic E-state index is 0.144. The fourth-order valence-electron chi connectivity index (χ4n) is 2.24. The molecule has 1 amide bonds. The Morgan fingerprint density at radius 1 is 1.46 bits per heavy atom. The smallest absolute Gasteiger partial charge is 0.322 e. The molecule has 0 bridgehead atoms. The standard InChI is InChI=1S/C15H20N2O6S/c1-4-8(2)13(15(19)20)17-24(21,22)10-5-6-12-11(7-10)16-14(18)9(3)23-12/h5-9,13,17H,4H2,1-3H3,(H,16,18)(H,19,20). The van der Waals surface area contributed by atoms with E-state index in [0.717, 1.165) is 0 Å². The van der Waals surface area contributed by atoms with Gasteiger partial charge in [0.2, 0.25) is 10.0 Å². The second kappa shape index (κ2) is 6.78. The molecule has 0 fully saturated rings. The van der Waals surface area contributed by atoms with Crippen molar-refractivity contribution in [2.75, 3.05) is 5.32 Å². The van der Waals surface area contributed by atoms with Gasteiger partial charge in [0.1, 0.15) is 11.8 Å². The van der Waals surface area contributed by atoms with Crippen molar-refractivity contribution in [3.8, 4) is 5.75 Å². The zero-order valence-corrected chi connectivity index (χ0v) is 14.4. The summed E-state index contributed by atoms with van der Waals surface area (Å²) >= 11 is 0. The van der Waals surface area contributed by atoms with Gasteiger partial charge in [-0.1, -0.05) is 20.3 Å². The van der Waals surface area contributed by atoms with Gasteiger partial charge in [0.05, 0.1) is 10.6 Å². The first-order chi connectivity index (χ1) is 11.2. The summed E-state index contributed by atoms with van der Waals surface area (Å²) in [4.78, 5) is 22.8. The number of fused-ring (bicyclic) bond motifs is 1. The van der Waals surface area contributed by atoms with Gasteiger partial charge in [0.25, 0.3) is 5.91 Å². The number of rotatable bonds is 6. The summed E-state index contributed by atoms with van der Waals surface area (Å²) in [7, 11) is -4.06. The van der Waals surface area contributed by atoms with Crippen molar-refractivity contribution in [3.63, 3.8) is 0 Å². The van der Waals surface area contributed by atoms with E-state index in [1.165, 1.54) is 18.2 Å². The van der Waals surface area contributed by atoms with Crippen LogP contribution in [0.3, 0.4) is 0 Å². The molecule has 1 aromatic carbocycles. The highest BCUT2D eigenvalue weighted by Crippen LogP contribution is 2.32. The molecule has 132 valence electrons. The number of carbonyl (C=O) groups excluding carboxylic acids is 1. The lowest BCUT2D eigenvalue weighted by Crippen LogP contribution is -2.44. The fourth-order valence-corrected chi connectivity index (χ4v) is 3.56. The zero-order valence-electron chi connectivity index (χ0n) is 13.6. The highest BCUT2D eigenvalue weighted by molar-refractivity contribution is 7.89. The first-order valence-electron chi connectivity index (χ1n) is 7.52. The number of hydrogen-bond acceptors (Lipinski definition) is 5. The number of hydrogen-bond donors (Lipinski definition) is 3. The second-order valence-electron chi connectivity index (χ2n) is 5.73. The molecule has 0 saturated carbocycles. The van der Waals surface area contributed by atoms with E-state index in [4.69, 9.17) is 4.74 Å². The summed E-state index contributed by atoms with van der Waals surface area (Å²) in [5.41, 5.74) is 0.233. The normalized spacial score (nSPS) is 19.6. The molecule has 1 aliphatic rings. The van der Waals surface area contributed by atoms with Crippen molar-refractivity contribution in [1.29, 1.82) is 0 Å². The monoisotopic (exact) mass is 356 g/mol. The average Bonchev–Trinajstić information content (AvgIpc) is 2.52. The molecule has 1 aromatic rings. The molecule has 2 rings (SSSR count). The van der Waals surface area contributed by atoms with Crippen LogP contribution in [0.1, 0.15) is 27.2 Å². The van der Waals surface area contributed by atoms with E-state index in [-0.39, 0.29) is 22.4 Å². The van der Waals surface area contributed by atoms with Gasteiger partial charge in [0.15, 0.2) is 6.10 Å². The molecule has 1 aliphatic heterocycles. The number of benzene rings is 1. The molecule has 3 N–H and O–H groups in total. The Labute approximate surface area is 140 Å². The van der Waals surface area contributed by atoms with Gasteiger partial charge in [-0.15, -0.1) is 0 Å². The molecular weight excluding hydrogens is 336 g/mol. The van der Waals surface area contributed by atoms with E-state index < -0.39 is 28.1 Å². The van der Waals surface area contributed by atoms with E-state index in [9.17, 15) is 23.1 Å². The summed E-state index contributed by atoms with van der Waals surface area (Å²) in [5, 5.41) is 11.8. The topological polar surface area (TPSA) is 122 Å². The largest absolute Gasteiger partial charge is 0.480 e. The van der Waals surface area contributed by atoms with E-state index in [0.29, 0.717) is 12.2 Å². The van der Waals surface area contributed by atoms with Crippen LogP contribution in [0.5, 0.6) is 5.75 Å². The Bertz CT molecular complexity index is 761. The fraction of sp³-hybridized carbons (Fsp3) is 0.467. The number of ether oxygens (including phenoxy) is 1. The number of amides is 1. The van der Waals surface area contributed by atoms with Gasteiger partial charge in [-0.25, -0.2) is 8.42 Å². The minimum Gasteiger partial charge on any atom is -0.480 e. The molecule has 24 heavy (non-hydrogen) atoms. The van der Waals surface area contributed by atoms with Crippen LogP contribution in [0.2, 0.25) is 0 Å². The number of aliphatic carboxylic acids is 1. The Morgan fingerprint density at radius 2 is 2.12 bits per heavy atom. The molecule has 3 atom stereocenters. The molecule has 1 heterocycles. The third kappa shape index (κ3) is 3.68. The van der Waals surface area contributed by atoms with Gasteiger partial charge < -0.3 is 15.2 Å². The Morgan fingerprint density at radius 3 is 2.71 bits per heavy atom. The Hall–Kier alpha value is -2.13. The van der Waals surface area contributed by atoms with E-state index in [1.54, 1.807) is 20.8 Å². The van der Waals surface area contributed by atoms with Gasteiger partial charge in [-0.2, -0.15) is 4.72 Å². The highest BCUT2D eigenvalue weighted by atomic mass is 32.2. The molecule has 0 spiro atoms. The molecule has 0 aliphatic carbocycles. The van der Waals surface area contributed by atoms with Crippen LogP contribution in [-0.2, 0) is 19.6 Å². The molecule has 0 saturated heterocycles. The van der Waals surface area contributed by atoms with Crippen LogP contribution < -0.4 is 14.8 Å². The third-order valence-electron chi connectivity index (χ3n) is 3.95. The average molecular weight is 356 g/mol. The summed E-state index contributed by atoms with van der Waals surface area (Å²) in [6.07, 6.45) is -0.161. The quantitative estimate of drug-likeness (QED) is 0.704. The molecule has 3 unspecified atom stereocenters. The predicted octanol–water partition coefficient (Wildman–Crippen LogP) is 1.18. The molecule has 9 heteroatoms. The Kier molecular flexibility index (Phi) is 5.14. The van der Waals surface area contributed by atoms with Crippen molar-refractivity contribution in [1.82, 2.24) is 4.72 Å². The van der Waals surface area contributed by atoms with Crippen LogP contribution in [-0.4, -0.2) is 37.5 Å². The van der Waals surface area contributed by atoms with Gasteiger partial charge in [0, 0.05) is 0 Å². The van der Waals surface area contributed by atoms with Crippen molar-refractivity contribution in [2.24, 2.45) is 5.92 Å². The van der Waals surface area contributed by atoms with Crippen LogP contribution in [0, 0.1) is 5.92 Å². The van der Waals surface area contributed by atoms with Gasteiger partial charge in [-0.05, 0) is 31.0 Å². The third-order valence-corrected chi connectivity index (χ3v) is 5.39. The Balaban J connectivity index is 2.31. The maximum atomic E-state index is 12.5. The van der Waals surface area contributed by atoms with Crippen molar-refractivity contribution >= 4 is 27.6 Å². The maximum absolute atomic E-state index is 12.5. The lowest BCUT2D eigenvalue weighted by molar-refractivity contribution is -0.140. The first-order valence-corrected chi connectivity index (χ1v) is 9.00. The van der Waals surface area contributed by atoms with Crippen molar-refractivity contribution in [3.05, 3.63) is 18.2 Å².